The van der Waals surface area contributed by atoms with Crippen molar-refractivity contribution < 1.29 is 9.47 Å². The van der Waals surface area contributed by atoms with Crippen LogP contribution >= 0.6 is 11.6 Å². The Bertz CT molecular complexity index is 598. The Labute approximate surface area is 135 Å². The Kier molecular flexibility index (Phi) is 4.43. The molecule has 0 aromatic carbocycles. The molecule has 1 aromatic heterocycles. The Morgan fingerprint density at radius 2 is 2.05 bits per heavy atom. The summed E-state index contributed by atoms with van der Waals surface area (Å²) in [5.74, 6) is 0.427. The third-order valence-electron chi connectivity index (χ3n) is 4.65. The lowest BCUT2D eigenvalue weighted by Gasteiger charge is -2.38. The Morgan fingerprint density at radius 1 is 1.32 bits per heavy atom. The van der Waals surface area contributed by atoms with E-state index in [9.17, 15) is 4.79 Å². The number of halogens is 1. The summed E-state index contributed by atoms with van der Waals surface area (Å²) in [4.78, 5) is 19.3. The van der Waals surface area contributed by atoms with Crippen molar-refractivity contribution in [3.63, 3.8) is 0 Å². The molecule has 6 nitrogen and oxygen atoms in total. The molecule has 1 atom stereocenters. The highest BCUT2D eigenvalue weighted by molar-refractivity contribution is 6.29. The number of aromatic nitrogens is 2. The zero-order chi connectivity index (χ0) is 15.7. The molecule has 0 aliphatic carbocycles. The molecule has 7 heteroatoms. The normalized spacial score (nSPS) is 25.2. The minimum Gasteiger partial charge on any atom is -0.381 e. The highest BCUT2D eigenvalue weighted by atomic mass is 35.5. The number of hydrogen-bond donors (Lipinski definition) is 0. The molecule has 2 aliphatic rings. The minimum atomic E-state index is -0.272. The van der Waals surface area contributed by atoms with Crippen LogP contribution in [0.25, 0.3) is 0 Å². The van der Waals surface area contributed by atoms with Gasteiger partial charge < -0.3 is 18.9 Å². The lowest BCUT2D eigenvalue weighted by Crippen LogP contribution is -2.49. The van der Waals surface area contributed by atoms with Crippen molar-refractivity contribution in [2.45, 2.75) is 38.3 Å². The maximum Gasteiger partial charge on any atom is 0.294 e. The van der Waals surface area contributed by atoms with E-state index >= 15 is 0 Å². The number of hydrogen-bond acceptors (Lipinski definition) is 5. The van der Waals surface area contributed by atoms with Gasteiger partial charge in [0.25, 0.3) is 5.56 Å². The van der Waals surface area contributed by atoms with Crippen LogP contribution in [0.15, 0.2) is 11.0 Å². The van der Waals surface area contributed by atoms with E-state index in [1.165, 1.54) is 0 Å². The summed E-state index contributed by atoms with van der Waals surface area (Å²) in [5, 5.41) is 0.348. The summed E-state index contributed by atoms with van der Waals surface area (Å²) in [6, 6.07) is 0.114. The summed E-state index contributed by atoms with van der Waals surface area (Å²) >= 11 is 6.21. The summed E-state index contributed by atoms with van der Waals surface area (Å²) in [6.45, 7) is 7.28. The van der Waals surface area contributed by atoms with Crippen molar-refractivity contribution in [2.75, 3.05) is 37.9 Å². The van der Waals surface area contributed by atoms with Crippen molar-refractivity contribution in [1.82, 2.24) is 9.55 Å². The first-order valence-electron chi connectivity index (χ1n) is 7.73. The maximum atomic E-state index is 13.0. The van der Waals surface area contributed by atoms with Crippen LogP contribution in [0.2, 0.25) is 5.15 Å². The van der Waals surface area contributed by atoms with Crippen molar-refractivity contribution in [1.29, 1.82) is 0 Å². The summed E-state index contributed by atoms with van der Waals surface area (Å²) in [6.07, 6.45) is 3.25. The van der Waals surface area contributed by atoms with Gasteiger partial charge in [-0.1, -0.05) is 11.6 Å². The molecule has 0 radical (unpaired) electrons. The molecule has 1 aromatic rings. The van der Waals surface area contributed by atoms with Crippen molar-refractivity contribution in [2.24, 2.45) is 0 Å². The SMILES string of the molecule is CC1COCCN1c1nc(Cl)cn(C2(C)CCOCC2)c1=O. The zero-order valence-corrected chi connectivity index (χ0v) is 13.8. The van der Waals surface area contributed by atoms with Gasteiger partial charge in [-0.2, -0.15) is 0 Å². The number of morpholine rings is 1. The molecule has 0 spiro atoms. The molecule has 2 aliphatic heterocycles. The standard InChI is InChI=1S/C15H22ClN3O3/c1-11-10-22-8-5-18(11)13-14(20)19(9-12(16)17-13)15(2)3-6-21-7-4-15/h9,11H,3-8,10H2,1-2H3. The van der Waals surface area contributed by atoms with E-state index in [1.807, 2.05) is 11.8 Å². The second-order valence-electron chi connectivity index (χ2n) is 6.29. The lowest BCUT2D eigenvalue weighted by atomic mass is 9.92. The van der Waals surface area contributed by atoms with Gasteiger partial charge in [-0.3, -0.25) is 4.79 Å². The zero-order valence-electron chi connectivity index (χ0n) is 13.0. The summed E-state index contributed by atoms with van der Waals surface area (Å²) in [7, 11) is 0. The van der Waals surface area contributed by atoms with Gasteiger partial charge in [0.2, 0.25) is 0 Å². The highest BCUT2D eigenvalue weighted by Gasteiger charge is 2.33. The van der Waals surface area contributed by atoms with Crippen LogP contribution in [-0.2, 0) is 15.0 Å². The van der Waals surface area contributed by atoms with Gasteiger partial charge in [-0.25, -0.2) is 4.98 Å². The van der Waals surface area contributed by atoms with E-state index in [-0.39, 0.29) is 17.1 Å². The fourth-order valence-corrected chi connectivity index (χ4v) is 3.31. The number of ether oxygens (including phenoxy) is 2. The van der Waals surface area contributed by atoms with Crippen LogP contribution in [0.1, 0.15) is 26.7 Å². The first-order valence-corrected chi connectivity index (χ1v) is 8.11. The molecule has 0 bridgehead atoms. The Morgan fingerprint density at radius 3 is 2.73 bits per heavy atom. The molecule has 0 amide bonds. The van der Waals surface area contributed by atoms with Gasteiger partial charge in [0, 0.05) is 31.5 Å². The summed E-state index contributed by atoms with van der Waals surface area (Å²) < 4.78 is 12.6. The van der Waals surface area contributed by atoms with Crippen LogP contribution in [0, 0.1) is 0 Å². The second kappa shape index (κ2) is 6.18. The van der Waals surface area contributed by atoms with E-state index in [0.717, 1.165) is 12.8 Å². The topological polar surface area (TPSA) is 56.6 Å². The third kappa shape index (κ3) is 2.87. The van der Waals surface area contributed by atoms with E-state index in [1.54, 1.807) is 10.8 Å². The van der Waals surface area contributed by atoms with E-state index in [2.05, 4.69) is 11.9 Å². The third-order valence-corrected chi connectivity index (χ3v) is 4.83. The largest absolute Gasteiger partial charge is 0.381 e. The number of nitrogens with zero attached hydrogens (tertiary/aromatic N) is 3. The first-order chi connectivity index (χ1) is 10.5. The molecule has 2 saturated heterocycles. The fourth-order valence-electron chi connectivity index (χ4n) is 3.13. The number of anilines is 1. The predicted molar refractivity (Wildman–Crippen MR) is 84.8 cm³/mol. The van der Waals surface area contributed by atoms with Crippen LogP contribution in [0.5, 0.6) is 0 Å². The average molecular weight is 328 g/mol. The summed E-state index contributed by atoms with van der Waals surface area (Å²) in [5.41, 5.74) is -0.353. The van der Waals surface area contributed by atoms with Crippen LogP contribution in [0.3, 0.4) is 0 Å². The van der Waals surface area contributed by atoms with Crippen LogP contribution < -0.4 is 10.5 Å². The lowest BCUT2D eigenvalue weighted by molar-refractivity contribution is 0.0278. The van der Waals surface area contributed by atoms with Gasteiger partial charge in [-0.15, -0.1) is 0 Å². The quantitative estimate of drug-likeness (QED) is 0.826. The van der Waals surface area contributed by atoms with Gasteiger partial charge >= 0.3 is 0 Å². The predicted octanol–water partition coefficient (Wildman–Crippen LogP) is 1.65. The van der Waals surface area contributed by atoms with Gasteiger partial charge in [0.15, 0.2) is 5.82 Å². The maximum absolute atomic E-state index is 13.0. The van der Waals surface area contributed by atoms with E-state index in [0.29, 0.717) is 43.9 Å². The molecule has 1 unspecified atom stereocenters. The highest BCUT2D eigenvalue weighted by Crippen LogP contribution is 2.28. The molecule has 0 N–H and O–H groups in total. The molecule has 122 valence electrons. The van der Waals surface area contributed by atoms with E-state index in [4.69, 9.17) is 21.1 Å². The smallest absolute Gasteiger partial charge is 0.294 e. The van der Waals surface area contributed by atoms with Gasteiger partial charge in [0.05, 0.1) is 19.3 Å². The molecular formula is C15H22ClN3O3. The van der Waals surface area contributed by atoms with Gasteiger partial charge in [0.1, 0.15) is 5.15 Å². The monoisotopic (exact) mass is 327 g/mol. The van der Waals surface area contributed by atoms with Crippen molar-refractivity contribution >= 4 is 17.4 Å². The molecule has 3 rings (SSSR count). The number of rotatable bonds is 2. The first kappa shape index (κ1) is 15.8. The van der Waals surface area contributed by atoms with Gasteiger partial charge in [-0.05, 0) is 26.7 Å². The fraction of sp³-hybridized carbons (Fsp3) is 0.733. The van der Waals surface area contributed by atoms with E-state index < -0.39 is 0 Å². The minimum absolute atomic E-state index is 0.0810. The average Bonchev–Trinajstić information content (AvgIpc) is 2.50. The molecular weight excluding hydrogens is 306 g/mol. The van der Waals surface area contributed by atoms with Crippen LogP contribution in [-0.4, -0.2) is 48.6 Å². The molecule has 2 fully saturated rings. The Hall–Kier alpha value is -1.11. The second-order valence-corrected chi connectivity index (χ2v) is 6.68. The van der Waals surface area contributed by atoms with Crippen molar-refractivity contribution in [3.8, 4) is 0 Å². The molecule has 22 heavy (non-hydrogen) atoms. The molecule has 0 saturated carbocycles. The molecule has 3 heterocycles. The van der Waals surface area contributed by atoms with Crippen molar-refractivity contribution in [3.05, 3.63) is 21.7 Å². The van der Waals surface area contributed by atoms with Crippen LogP contribution in [0.4, 0.5) is 5.82 Å². The Balaban J connectivity index is 2.03.